The number of hydrogen-bond acceptors (Lipinski definition) is 3. The monoisotopic (exact) mass is 201 g/mol. The Hall–Kier alpha value is -1.90. The van der Waals surface area contributed by atoms with E-state index in [0.29, 0.717) is 5.57 Å². The highest BCUT2D eigenvalue weighted by Crippen LogP contribution is 2.33. The number of aliphatic imine (C=N–C) groups is 1. The van der Waals surface area contributed by atoms with Crippen molar-refractivity contribution in [3.63, 3.8) is 0 Å². The second-order valence-corrected chi connectivity index (χ2v) is 3.21. The lowest BCUT2D eigenvalue weighted by Crippen LogP contribution is -2.07. The Morgan fingerprint density at radius 2 is 2.20 bits per heavy atom. The lowest BCUT2D eigenvalue weighted by atomic mass is 9.97. The van der Waals surface area contributed by atoms with Gasteiger partial charge in [-0.1, -0.05) is 6.08 Å². The first-order valence-electron chi connectivity index (χ1n) is 4.69. The van der Waals surface area contributed by atoms with Gasteiger partial charge in [0.2, 0.25) is 5.78 Å². The molecule has 0 atom stereocenters. The Bertz CT molecular complexity index is 473. The van der Waals surface area contributed by atoms with Crippen molar-refractivity contribution in [3.8, 4) is 5.75 Å². The van der Waals surface area contributed by atoms with E-state index in [9.17, 15) is 4.79 Å². The van der Waals surface area contributed by atoms with Gasteiger partial charge in [0.25, 0.3) is 0 Å². The number of benzene rings is 1. The number of ether oxygens (including phenoxy) is 1. The van der Waals surface area contributed by atoms with Crippen LogP contribution in [0.2, 0.25) is 0 Å². The van der Waals surface area contributed by atoms with E-state index in [-0.39, 0.29) is 5.78 Å². The summed E-state index contributed by atoms with van der Waals surface area (Å²) < 4.78 is 5.12. The molecule has 0 aliphatic carbocycles. The fourth-order valence-electron chi connectivity index (χ4n) is 1.60. The largest absolute Gasteiger partial charge is 0.497 e. The minimum absolute atomic E-state index is 0.0572. The molecule has 0 saturated carbocycles. The van der Waals surface area contributed by atoms with Gasteiger partial charge in [-0.05, 0) is 25.1 Å². The molecule has 0 bridgehead atoms. The molecule has 1 aliphatic rings. The zero-order valence-electron chi connectivity index (χ0n) is 8.65. The van der Waals surface area contributed by atoms with Gasteiger partial charge < -0.3 is 4.74 Å². The van der Waals surface area contributed by atoms with Crippen molar-refractivity contribution in [1.29, 1.82) is 0 Å². The van der Waals surface area contributed by atoms with Crippen molar-refractivity contribution in [2.75, 3.05) is 7.11 Å². The second-order valence-electron chi connectivity index (χ2n) is 3.21. The van der Waals surface area contributed by atoms with E-state index in [2.05, 4.69) is 4.99 Å². The maximum atomic E-state index is 11.5. The molecule has 0 spiro atoms. The highest BCUT2D eigenvalue weighted by molar-refractivity contribution is 6.49. The first kappa shape index (κ1) is 9.65. The van der Waals surface area contributed by atoms with E-state index in [1.54, 1.807) is 13.2 Å². The summed E-state index contributed by atoms with van der Waals surface area (Å²) >= 11 is 0. The van der Waals surface area contributed by atoms with E-state index in [1.165, 1.54) is 6.21 Å². The quantitative estimate of drug-likeness (QED) is 0.654. The fraction of sp³-hybridized carbons (Fsp3) is 0.167. The van der Waals surface area contributed by atoms with Crippen molar-refractivity contribution in [2.45, 2.75) is 6.92 Å². The van der Waals surface area contributed by atoms with Gasteiger partial charge in [0, 0.05) is 11.1 Å². The lowest BCUT2D eigenvalue weighted by molar-refractivity contribution is -0.107. The van der Waals surface area contributed by atoms with Gasteiger partial charge >= 0.3 is 0 Å². The van der Waals surface area contributed by atoms with Crippen LogP contribution in [0.5, 0.6) is 5.75 Å². The molecule has 0 saturated heterocycles. The molecule has 3 nitrogen and oxygen atoms in total. The summed E-state index contributed by atoms with van der Waals surface area (Å²) in [6.07, 6.45) is 3.15. The van der Waals surface area contributed by atoms with Gasteiger partial charge in [-0.3, -0.25) is 9.79 Å². The van der Waals surface area contributed by atoms with E-state index >= 15 is 0 Å². The zero-order chi connectivity index (χ0) is 10.8. The van der Waals surface area contributed by atoms with Gasteiger partial charge in [0.05, 0.1) is 19.0 Å². The van der Waals surface area contributed by atoms with Crippen molar-refractivity contribution in [1.82, 2.24) is 0 Å². The number of rotatable bonds is 1. The number of Topliss-reactive ketones (excluding diaryl/α,β-unsaturated/α-hetero) is 1. The molecule has 3 heteroatoms. The molecular formula is C12H11NO2. The smallest absolute Gasteiger partial charge is 0.204 e. The summed E-state index contributed by atoms with van der Waals surface area (Å²) in [5, 5.41) is 0. The Balaban J connectivity index is 2.62. The molecule has 76 valence electrons. The number of hydrogen-bond donors (Lipinski definition) is 0. The number of fused-ring (bicyclic) bond motifs is 1. The van der Waals surface area contributed by atoms with E-state index in [4.69, 9.17) is 4.74 Å². The maximum Gasteiger partial charge on any atom is 0.204 e. The van der Waals surface area contributed by atoms with Gasteiger partial charge in [-0.2, -0.15) is 0 Å². The average molecular weight is 201 g/mol. The number of methoxy groups -OCH3 is 1. The zero-order valence-corrected chi connectivity index (χ0v) is 8.65. The van der Waals surface area contributed by atoms with Crippen molar-refractivity contribution in [2.24, 2.45) is 4.99 Å². The first-order chi connectivity index (χ1) is 7.26. The first-order valence-corrected chi connectivity index (χ1v) is 4.69. The van der Waals surface area contributed by atoms with Gasteiger partial charge in [-0.15, -0.1) is 0 Å². The highest BCUT2D eigenvalue weighted by atomic mass is 16.5. The maximum absolute atomic E-state index is 11.5. The van der Waals surface area contributed by atoms with Crippen LogP contribution in [0.3, 0.4) is 0 Å². The van der Waals surface area contributed by atoms with Crippen LogP contribution in [0.15, 0.2) is 29.3 Å². The minimum Gasteiger partial charge on any atom is -0.497 e. The van der Waals surface area contributed by atoms with Crippen LogP contribution in [-0.2, 0) is 4.79 Å². The summed E-state index contributed by atoms with van der Waals surface area (Å²) in [4.78, 5) is 15.6. The molecule has 1 aromatic carbocycles. The summed E-state index contributed by atoms with van der Waals surface area (Å²) in [5.41, 5.74) is 2.33. The number of nitrogens with zero attached hydrogens (tertiary/aromatic N) is 1. The third-order valence-corrected chi connectivity index (χ3v) is 2.37. The molecule has 0 N–H and O–H groups in total. The summed E-state index contributed by atoms with van der Waals surface area (Å²) in [7, 11) is 1.60. The summed E-state index contributed by atoms with van der Waals surface area (Å²) in [5.74, 6) is 0.677. The molecule has 0 fully saturated rings. The van der Waals surface area contributed by atoms with Crippen LogP contribution < -0.4 is 4.74 Å². The molecule has 0 unspecified atom stereocenters. The predicted octanol–water partition coefficient (Wildman–Crippen LogP) is 2.38. The molecule has 1 aromatic rings. The fourth-order valence-corrected chi connectivity index (χ4v) is 1.60. The molecular weight excluding hydrogens is 190 g/mol. The summed E-state index contributed by atoms with van der Waals surface area (Å²) in [6.45, 7) is 1.84. The van der Waals surface area contributed by atoms with Crippen LogP contribution in [0.4, 0.5) is 5.69 Å². The molecule has 0 amide bonds. The lowest BCUT2D eigenvalue weighted by Gasteiger charge is -2.13. The molecule has 2 rings (SSSR count). The topological polar surface area (TPSA) is 38.7 Å². The normalized spacial score (nSPS) is 16.7. The molecule has 15 heavy (non-hydrogen) atoms. The van der Waals surface area contributed by atoms with Gasteiger partial charge in [-0.25, -0.2) is 0 Å². The second kappa shape index (κ2) is 3.69. The number of ketones is 1. The number of carbonyl (C=O) groups excluding carboxylic acids is 1. The highest BCUT2D eigenvalue weighted by Gasteiger charge is 2.17. The van der Waals surface area contributed by atoms with Crippen LogP contribution in [0, 0.1) is 0 Å². The molecule has 1 heterocycles. The minimum atomic E-state index is -0.0572. The Labute approximate surface area is 88.1 Å². The third kappa shape index (κ3) is 1.56. The van der Waals surface area contributed by atoms with Crippen LogP contribution >= 0.6 is 0 Å². The predicted molar refractivity (Wildman–Crippen MR) is 59.8 cm³/mol. The Kier molecular flexibility index (Phi) is 2.37. The van der Waals surface area contributed by atoms with Crippen LogP contribution in [0.25, 0.3) is 5.57 Å². The average Bonchev–Trinajstić information content (AvgIpc) is 2.28. The van der Waals surface area contributed by atoms with Crippen LogP contribution in [0.1, 0.15) is 12.5 Å². The van der Waals surface area contributed by atoms with Crippen LogP contribution in [-0.4, -0.2) is 19.1 Å². The van der Waals surface area contributed by atoms with Crippen molar-refractivity contribution in [3.05, 3.63) is 29.8 Å². The van der Waals surface area contributed by atoms with E-state index in [1.807, 2.05) is 25.1 Å². The third-order valence-electron chi connectivity index (χ3n) is 2.37. The number of allylic oxidation sites excluding steroid dienone is 2. The number of carbonyl (C=O) groups is 1. The SMILES string of the molecule is CC=C1C(=O)C=Nc2ccc(OC)cc21. The van der Waals surface area contributed by atoms with Gasteiger partial charge in [0.1, 0.15) is 5.75 Å². The van der Waals surface area contributed by atoms with E-state index in [0.717, 1.165) is 17.0 Å². The van der Waals surface area contributed by atoms with E-state index < -0.39 is 0 Å². The standard InChI is InChI=1S/C12H11NO2/c1-3-9-10-6-8(15-2)4-5-11(10)13-7-12(9)14/h3-7H,1-2H3. The van der Waals surface area contributed by atoms with Gasteiger partial charge in [0.15, 0.2) is 0 Å². The Morgan fingerprint density at radius 3 is 2.87 bits per heavy atom. The Morgan fingerprint density at radius 1 is 1.40 bits per heavy atom. The van der Waals surface area contributed by atoms with Crippen molar-refractivity contribution < 1.29 is 9.53 Å². The molecule has 1 aliphatic heterocycles. The molecule has 0 aromatic heterocycles. The summed E-state index contributed by atoms with van der Waals surface area (Å²) in [6, 6.07) is 5.51. The van der Waals surface area contributed by atoms with Crippen molar-refractivity contribution >= 4 is 23.3 Å². The molecule has 0 radical (unpaired) electrons.